The first-order valence-corrected chi connectivity index (χ1v) is 7.20. The van der Waals surface area contributed by atoms with E-state index in [0.717, 1.165) is 18.9 Å². The van der Waals surface area contributed by atoms with Crippen molar-refractivity contribution in [2.45, 2.75) is 25.3 Å². The smallest absolute Gasteiger partial charge is 0.307 e. The van der Waals surface area contributed by atoms with Gasteiger partial charge in [0.25, 0.3) is 5.69 Å². The monoisotopic (exact) mass is 360 g/mol. The third-order valence-electron chi connectivity index (χ3n) is 3.53. The minimum atomic E-state index is -0.686. The number of halogens is 2. The van der Waals surface area contributed by atoms with E-state index >= 15 is 0 Å². The number of ether oxygens (including phenoxy) is 1. The molecule has 6 nitrogen and oxygen atoms in total. The van der Waals surface area contributed by atoms with E-state index in [-0.39, 0.29) is 28.6 Å². The maximum absolute atomic E-state index is 13.5. The zero-order chi connectivity index (χ0) is 15.6. The van der Waals surface area contributed by atoms with Crippen molar-refractivity contribution in [3.8, 4) is 0 Å². The van der Waals surface area contributed by atoms with Crippen LogP contribution in [-0.4, -0.2) is 30.6 Å². The third kappa shape index (κ3) is 3.31. The van der Waals surface area contributed by atoms with Crippen LogP contribution in [-0.2, 0) is 9.53 Å². The number of rotatable bonds is 4. The molecule has 1 heterocycles. The molecular weight excluding hydrogens is 347 g/mol. The van der Waals surface area contributed by atoms with Crippen LogP contribution < -0.4 is 4.90 Å². The summed E-state index contributed by atoms with van der Waals surface area (Å²) in [5, 5.41) is 11.1. The summed E-state index contributed by atoms with van der Waals surface area (Å²) in [5.41, 5.74) is 0.0205. The van der Waals surface area contributed by atoms with E-state index in [4.69, 9.17) is 0 Å². The fraction of sp³-hybridized carbons (Fsp3) is 0.462. The molecule has 0 saturated carbocycles. The molecule has 8 heteroatoms. The normalized spacial score (nSPS) is 17.9. The van der Waals surface area contributed by atoms with Crippen LogP contribution in [0.2, 0.25) is 0 Å². The van der Waals surface area contributed by atoms with Crippen molar-refractivity contribution in [3.05, 3.63) is 32.5 Å². The van der Waals surface area contributed by atoms with Crippen molar-refractivity contribution in [2.24, 2.45) is 0 Å². The van der Waals surface area contributed by atoms with Gasteiger partial charge in [-0.2, -0.15) is 0 Å². The van der Waals surface area contributed by atoms with Gasteiger partial charge >= 0.3 is 5.97 Å². The second-order valence-corrected chi connectivity index (χ2v) is 5.64. The third-order valence-corrected chi connectivity index (χ3v) is 4.14. The Morgan fingerprint density at radius 1 is 1.62 bits per heavy atom. The molecule has 0 radical (unpaired) electrons. The van der Waals surface area contributed by atoms with E-state index in [1.54, 1.807) is 4.90 Å². The Kier molecular flexibility index (Phi) is 4.76. The fourth-order valence-corrected chi connectivity index (χ4v) is 2.87. The first-order chi connectivity index (χ1) is 9.93. The Morgan fingerprint density at radius 2 is 2.33 bits per heavy atom. The van der Waals surface area contributed by atoms with Gasteiger partial charge in [-0.15, -0.1) is 0 Å². The Labute approximate surface area is 129 Å². The molecule has 1 saturated heterocycles. The molecule has 0 N–H and O–H groups in total. The molecule has 0 aromatic heterocycles. The van der Waals surface area contributed by atoms with Crippen LogP contribution in [0.15, 0.2) is 16.6 Å². The van der Waals surface area contributed by atoms with Gasteiger partial charge in [0.05, 0.1) is 29.0 Å². The van der Waals surface area contributed by atoms with Crippen LogP contribution in [0.3, 0.4) is 0 Å². The van der Waals surface area contributed by atoms with Crippen LogP contribution in [0.5, 0.6) is 0 Å². The number of hydrogen-bond acceptors (Lipinski definition) is 5. The van der Waals surface area contributed by atoms with Gasteiger partial charge in [-0.05, 0) is 34.8 Å². The maximum atomic E-state index is 13.5. The van der Waals surface area contributed by atoms with Gasteiger partial charge in [-0.1, -0.05) is 0 Å². The van der Waals surface area contributed by atoms with Gasteiger partial charge in [0.15, 0.2) is 0 Å². The second-order valence-electron chi connectivity index (χ2n) is 4.78. The number of methoxy groups -OCH3 is 1. The highest BCUT2D eigenvalue weighted by Crippen LogP contribution is 2.37. The molecule has 0 aliphatic carbocycles. The number of carbonyl (C=O) groups excluding carboxylic acids is 1. The topological polar surface area (TPSA) is 72.7 Å². The number of hydrogen-bond donors (Lipinski definition) is 0. The van der Waals surface area contributed by atoms with Gasteiger partial charge in [-0.3, -0.25) is 14.9 Å². The van der Waals surface area contributed by atoms with Crippen LogP contribution in [0, 0.1) is 15.9 Å². The predicted molar refractivity (Wildman–Crippen MR) is 77.8 cm³/mol. The van der Waals surface area contributed by atoms with Gasteiger partial charge < -0.3 is 9.64 Å². The quantitative estimate of drug-likeness (QED) is 0.468. The van der Waals surface area contributed by atoms with E-state index in [9.17, 15) is 19.3 Å². The molecule has 1 aliphatic rings. The molecule has 0 unspecified atom stereocenters. The Hall–Kier alpha value is -1.70. The molecule has 2 rings (SSSR count). The summed E-state index contributed by atoms with van der Waals surface area (Å²) in [7, 11) is 1.30. The SMILES string of the molecule is COC(=O)C[C@H]1CCCN1c1cc(Br)c(F)cc1[N+](=O)[O-]. The first kappa shape index (κ1) is 15.7. The van der Waals surface area contributed by atoms with Gasteiger partial charge in [0.2, 0.25) is 0 Å². The average Bonchev–Trinajstić information content (AvgIpc) is 2.88. The summed E-state index contributed by atoms with van der Waals surface area (Å²) in [6.45, 7) is 0.584. The van der Waals surface area contributed by atoms with Crippen molar-refractivity contribution >= 4 is 33.3 Å². The molecule has 1 aromatic carbocycles. The van der Waals surface area contributed by atoms with Crippen LogP contribution in [0.4, 0.5) is 15.8 Å². The standard InChI is InChI=1S/C13H14BrFN2O4/c1-21-13(18)5-8-3-2-4-16(8)11-6-9(14)10(15)7-12(11)17(19)20/h6-8H,2-5H2,1H3/t8-/m1/s1. The van der Waals surface area contributed by atoms with E-state index in [0.29, 0.717) is 12.2 Å². The Bertz CT molecular complexity index is 582. The van der Waals surface area contributed by atoms with Crippen molar-refractivity contribution in [1.82, 2.24) is 0 Å². The summed E-state index contributed by atoms with van der Waals surface area (Å²) < 4.78 is 18.3. The minimum absolute atomic E-state index is 0.155. The van der Waals surface area contributed by atoms with Gasteiger partial charge in [-0.25, -0.2) is 4.39 Å². The molecule has 0 amide bonds. The number of carbonyl (C=O) groups is 1. The van der Waals surface area contributed by atoms with E-state index in [1.165, 1.54) is 13.2 Å². The molecule has 1 aliphatic heterocycles. The lowest BCUT2D eigenvalue weighted by molar-refractivity contribution is -0.384. The summed E-state index contributed by atoms with van der Waals surface area (Å²) in [6.07, 6.45) is 1.71. The lowest BCUT2D eigenvalue weighted by Crippen LogP contribution is -2.32. The number of esters is 1. The number of nitro benzene ring substituents is 1. The first-order valence-electron chi connectivity index (χ1n) is 6.41. The molecular formula is C13H14BrFN2O4. The Morgan fingerprint density at radius 3 is 2.95 bits per heavy atom. The van der Waals surface area contributed by atoms with Crippen molar-refractivity contribution in [1.29, 1.82) is 0 Å². The summed E-state index contributed by atoms with van der Waals surface area (Å²) in [5.74, 6) is -1.05. The van der Waals surface area contributed by atoms with Crippen LogP contribution >= 0.6 is 15.9 Å². The lowest BCUT2D eigenvalue weighted by Gasteiger charge is -2.26. The van der Waals surface area contributed by atoms with E-state index in [2.05, 4.69) is 20.7 Å². The highest BCUT2D eigenvalue weighted by molar-refractivity contribution is 9.10. The minimum Gasteiger partial charge on any atom is -0.469 e. The van der Waals surface area contributed by atoms with Crippen molar-refractivity contribution < 1.29 is 18.8 Å². The highest BCUT2D eigenvalue weighted by atomic mass is 79.9. The van der Waals surface area contributed by atoms with Gasteiger partial charge in [0.1, 0.15) is 11.5 Å². The molecule has 1 fully saturated rings. The molecule has 1 atom stereocenters. The molecule has 0 spiro atoms. The number of benzene rings is 1. The van der Waals surface area contributed by atoms with Gasteiger partial charge in [0, 0.05) is 12.6 Å². The zero-order valence-corrected chi connectivity index (χ0v) is 12.9. The van der Waals surface area contributed by atoms with E-state index in [1.807, 2.05) is 0 Å². The molecule has 21 heavy (non-hydrogen) atoms. The number of anilines is 1. The lowest BCUT2D eigenvalue weighted by atomic mass is 10.1. The van der Waals surface area contributed by atoms with Crippen molar-refractivity contribution in [3.63, 3.8) is 0 Å². The molecule has 0 bridgehead atoms. The summed E-state index contributed by atoms with van der Waals surface area (Å²) in [6, 6.07) is 2.12. The van der Waals surface area contributed by atoms with Crippen LogP contribution in [0.1, 0.15) is 19.3 Å². The number of nitrogens with zero attached hydrogens (tertiary/aromatic N) is 2. The van der Waals surface area contributed by atoms with Crippen molar-refractivity contribution in [2.75, 3.05) is 18.6 Å². The van der Waals surface area contributed by atoms with Crippen LogP contribution in [0.25, 0.3) is 0 Å². The fourth-order valence-electron chi connectivity index (χ4n) is 2.54. The highest BCUT2D eigenvalue weighted by Gasteiger charge is 2.32. The second kappa shape index (κ2) is 6.38. The largest absolute Gasteiger partial charge is 0.469 e. The average molecular weight is 361 g/mol. The summed E-state index contributed by atoms with van der Waals surface area (Å²) in [4.78, 5) is 23.7. The molecule has 114 valence electrons. The zero-order valence-electron chi connectivity index (χ0n) is 11.3. The molecule has 1 aromatic rings. The Balaban J connectivity index is 2.37. The predicted octanol–water partition coefficient (Wildman–Crippen LogP) is 3.03. The van der Waals surface area contributed by atoms with E-state index < -0.39 is 10.7 Å². The number of nitro groups is 1. The summed E-state index contributed by atoms with van der Waals surface area (Å²) >= 11 is 3.04. The maximum Gasteiger partial charge on any atom is 0.307 e.